The number of furan rings is 1. The van der Waals surface area contributed by atoms with Gasteiger partial charge < -0.3 is 4.42 Å². The van der Waals surface area contributed by atoms with Crippen LogP contribution in [-0.4, -0.2) is 0 Å². The van der Waals surface area contributed by atoms with Crippen molar-refractivity contribution >= 4 is 27.6 Å². The van der Waals surface area contributed by atoms with Crippen LogP contribution in [0.5, 0.6) is 0 Å². The van der Waals surface area contributed by atoms with Crippen LogP contribution in [0, 0.1) is 20.4 Å². The zero-order valence-electron chi connectivity index (χ0n) is 13.9. The number of hydrogen-bond acceptors (Lipinski definition) is 1. The van der Waals surface area contributed by atoms with Crippen molar-refractivity contribution in [1.29, 1.82) is 0 Å². The summed E-state index contributed by atoms with van der Waals surface area (Å²) >= 11 is 0. The number of nitrogens with zero attached hydrogens (tertiary/aromatic N) is 2. The summed E-state index contributed by atoms with van der Waals surface area (Å²) in [7, 11) is 2.04. The average Bonchev–Trinajstić information content (AvgIpc) is 2.91. The molecule has 0 amide bonds. The fourth-order valence-electron chi connectivity index (χ4n) is 3.32. The van der Waals surface area contributed by atoms with Gasteiger partial charge in [-0.1, -0.05) is 11.6 Å². The van der Waals surface area contributed by atoms with Gasteiger partial charge in [0.2, 0.25) is 11.4 Å². The number of aryl methyl sites for hydroxylation is 3. The number of pyridine rings is 1. The van der Waals surface area contributed by atoms with Gasteiger partial charge in [-0.3, -0.25) is 0 Å². The van der Waals surface area contributed by atoms with Gasteiger partial charge in [-0.05, 0) is 43.7 Å². The van der Waals surface area contributed by atoms with Gasteiger partial charge in [0.1, 0.15) is 18.2 Å². The maximum absolute atomic E-state index is 7.40. The fraction of sp³-hybridized carbons (Fsp3) is 0.143. The van der Waals surface area contributed by atoms with E-state index >= 15 is 0 Å². The fourth-order valence-corrected chi connectivity index (χ4v) is 3.32. The van der Waals surface area contributed by atoms with Crippen molar-refractivity contribution in [2.75, 3.05) is 0 Å². The predicted octanol–water partition coefficient (Wildman–Crippen LogP) is 5.25. The Balaban J connectivity index is 2.08. The Bertz CT molecular complexity index is 1150. The van der Waals surface area contributed by atoms with Crippen LogP contribution in [-0.2, 0) is 7.05 Å². The molecule has 0 aliphatic rings. The molecule has 0 N–H and O–H groups in total. The molecule has 0 unspecified atom stereocenters. The van der Waals surface area contributed by atoms with Crippen LogP contribution in [0.2, 0.25) is 0 Å². The molecule has 0 fully saturated rings. The topological polar surface area (TPSA) is 21.4 Å². The lowest BCUT2D eigenvalue weighted by atomic mass is 10.0. The van der Waals surface area contributed by atoms with E-state index < -0.39 is 0 Å². The van der Waals surface area contributed by atoms with Crippen molar-refractivity contribution in [1.82, 2.24) is 0 Å². The second-order valence-corrected chi connectivity index (χ2v) is 6.23. The van der Waals surface area contributed by atoms with Crippen LogP contribution in [0.1, 0.15) is 11.1 Å². The van der Waals surface area contributed by atoms with Gasteiger partial charge in [-0.25, -0.2) is 9.41 Å². The molecule has 0 saturated heterocycles. The molecule has 0 saturated carbocycles. The largest absolute Gasteiger partial charge is 0.467 e. The monoisotopic (exact) mass is 313 g/mol. The average molecular weight is 313 g/mol. The zero-order chi connectivity index (χ0) is 16.8. The Labute approximate surface area is 140 Å². The van der Waals surface area contributed by atoms with Crippen molar-refractivity contribution in [2.45, 2.75) is 13.8 Å². The van der Waals surface area contributed by atoms with Crippen LogP contribution in [0.4, 0.5) is 5.69 Å². The maximum Gasteiger partial charge on any atom is 0.229 e. The van der Waals surface area contributed by atoms with E-state index in [4.69, 9.17) is 11.0 Å². The van der Waals surface area contributed by atoms with E-state index in [0.717, 1.165) is 33.2 Å². The van der Waals surface area contributed by atoms with Gasteiger partial charge >= 0.3 is 0 Å². The molecule has 24 heavy (non-hydrogen) atoms. The second-order valence-electron chi connectivity index (χ2n) is 6.23. The highest BCUT2D eigenvalue weighted by atomic mass is 16.3. The summed E-state index contributed by atoms with van der Waals surface area (Å²) in [5.74, 6) is 0. The smallest absolute Gasteiger partial charge is 0.229 e. The second kappa shape index (κ2) is 5.21. The van der Waals surface area contributed by atoms with E-state index in [1.807, 2.05) is 38.4 Å². The van der Waals surface area contributed by atoms with E-state index in [-0.39, 0.29) is 0 Å². The molecule has 0 aliphatic heterocycles. The van der Waals surface area contributed by atoms with Gasteiger partial charge in [0.05, 0.1) is 12.1 Å². The SMILES string of the molecule is [C-]#[N+]c1cc(C)cc2c1oc1cc(-c3cccc[n+]3C)c(C)cc12. The first kappa shape index (κ1) is 14.5. The Morgan fingerprint density at radius 2 is 1.88 bits per heavy atom. The third-order valence-electron chi connectivity index (χ3n) is 4.49. The quantitative estimate of drug-likeness (QED) is 0.347. The van der Waals surface area contributed by atoms with Gasteiger partial charge in [0.15, 0.2) is 6.20 Å². The van der Waals surface area contributed by atoms with E-state index in [1.54, 1.807) is 0 Å². The van der Waals surface area contributed by atoms with Crippen LogP contribution >= 0.6 is 0 Å². The van der Waals surface area contributed by atoms with Gasteiger partial charge in [-0.15, -0.1) is 0 Å². The molecule has 0 aliphatic carbocycles. The van der Waals surface area contributed by atoms with Crippen LogP contribution < -0.4 is 4.57 Å². The number of fused-ring (bicyclic) bond motifs is 3. The molecular formula is C21H17N2O+. The lowest BCUT2D eigenvalue weighted by molar-refractivity contribution is -0.660. The lowest BCUT2D eigenvalue weighted by Crippen LogP contribution is -2.30. The lowest BCUT2D eigenvalue weighted by Gasteiger charge is -2.04. The molecule has 0 radical (unpaired) electrons. The number of hydrogen-bond donors (Lipinski definition) is 0. The van der Waals surface area contributed by atoms with Crippen LogP contribution in [0.3, 0.4) is 0 Å². The van der Waals surface area contributed by atoms with E-state index in [2.05, 4.69) is 40.6 Å². The third-order valence-corrected chi connectivity index (χ3v) is 4.49. The number of aromatic nitrogens is 1. The summed E-state index contributed by atoms with van der Waals surface area (Å²) in [5.41, 5.74) is 6.63. The predicted molar refractivity (Wildman–Crippen MR) is 96.1 cm³/mol. The Morgan fingerprint density at radius 1 is 1.04 bits per heavy atom. The van der Waals surface area contributed by atoms with Crippen molar-refractivity contribution in [3.8, 4) is 11.3 Å². The molecule has 3 nitrogen and oxygen atoms in total. The Morgan fingerprint density at radius 3 is 2.62 bits per heavy atom. The Hall–Kier alpha value is -3.12. The van der Waals surface area contributed by atoms with Gasteiger partial charge in [0.25, 0.3) is 0 Å². The molecule has 4 aromatic rings. The van der Waals surface area contributed by atoms with E-state index in [9.17, 15) is 0 Å². The summed E-state index contributed by atoms with van der Waals surface area (Å²) in [5, 5.41) is 2.08. The number of rotatable bonds is 1. The highest BCUT2D eigenvalue weighted by Crippen LogP contribution is 2.38. The van der Waals surface area contributed by atoms with Gasteiger partial charge in [-0.2, -0.15) is 0 Å². The summed E-state index contributed by atoms with van der Waals surface area (Å²) in [6.07, 6.45) is 2.04. The first-order valence-corrected chi connectivity index (χ1v) is 7.88. The maximum atomic E-state index is 7.40. The summed E-state index contributed by atoms with van der Waals surface area (Å²) in [6, 6.07) is 14.4. The Kier molecular flexibility index (Phi) is 3.14. The van der Waals surface area contributed by atoms with E-state index in [1.165, 1.54) is 5.56 Å². The molecule has 0 atom stereocenters. The molecule has 3 heteroatoms. The first-order valence-electron chi connectivity index (χ1n) is 7.88. The highest BCUT2D eigenvalue weighted by molar-refractivity contribution is 6.10. The molecular weight excluding hydrogens is 296 g/mol. The van der Waals surface area contributed by atoms with Gasteiger partial charge in [0, 0.05) is 22.9 Å². The molecule has 116 valence electrons. The van der Waals surface area contributed by atoms with Crippen molar-refractivity contribution < 1.29 is 8.98 Å². The third kappa shape index (κ3) is 2.08. The molecule has 2 heterocycles. The summed E-state index contributed by atoms with van der Waals surface area (Å²) in [6.45, 7) is 11.5. The summed E-state index contributed by atoms with van der Waals surface area (Å²) in [4.78, 5) is 3.62. The minimum Gasteiger partial charge on any atom is -0.467 e. The minimum absolute atomic E-state index is 0.575. The molecule has 2 aromatic carbocycles. The van der Waals surface area contributed by atoms with Crippen molar-refractivity contribution in [3.63, 3.8) is 0 Å². The zero-order valence-corrected chi connectivity index (χ0v) is 13.9. The minimum atomic E-state index is 0.575. The molecule has 0 bridgehead atoms. The highest BCUT2D eigenvalue weighted by Gasteiger charge is 2.17. The molecule has 4 rings (SSSR count). The summed E-state index contributed by atoms with van der Waals surface area (Å²) < 4.78 is 8.17. The van der Waals surface area contributed by atoms with E-state index in [0.29, 0.717) is 11.3 Å². The normalized spacial score (nSPS) is 11.1. The van der Waals surface area contributed by atoms with Crippen LogP contribution in [0.25, 0.3) is 38.0 Å². The molecule has 2 aromatic heterocycles. The first-order chi connectivity index (χ1) is 11.6. The van der Waals surface area contributed by atoms with Crippen molar-refractivity contribution in [2.24, 2.45) is 7.05 Å². The standard InChI is InChI=1S/C21H17N2O/c1-13-9-17-16-11-14(2)15(19-7-5-6-8-23(19)4)12-20(16)24-21(17)18(10-13)22-3/h5-12H,1-2,4H3/q+1. The van der Waals surface area contributed by atoms with Crippen LogP contribution in [0.15, 0.2) is 53.1 Å². The van der Waals surface area contributed by atoms with Crippen molar-refractivity contribution in [3.05, 3.63) is 71.2 Å². The molecule has 0 spiro atoms. The number of benzene rings is 2.